The van der Waals surface area contributed by atoms with Crippen molar-refractivity contribution in [1.82, 2.24) is 14.8 Å². The third-order valence-corrected chi connectivity index (χ3v) is 5.56. The number of amides is 1. The molecule has 6 heteroatoms. The van der Waals surface area contributed by atoms with E-state index in [4.69, 9.17) is 4.74 Å². The first-order chi connectivity index (χ1) is 15.2. The van der Waals surface area contributed by atoms with Crippen molar-refractivity contribution in [3.05, 3.63) is 89.7 Å². The van der Waals surface area contributed by atoms with Gasteiger partial charge in [-0.2, -0.15) is 0 Å². The third-order valence-electron chi connectivity index (χ3n) is 5.56. The Balaban J connectivity index is 1.29. The number of nitrogens with zero attached hydrogens (tertiary/aromatic N) is 3. The van der Waals surface area contributed by atoms with Crippen molar-refractivity contribution in [2.45, 2.75) is 13.1 Å². The zero-order valence-electron chi connectivity index (χ0n) is 17.8. The summed E-state index contributed by atoms with van der Waals surface area (Å²) in [6.07, 6.45) is 3.71. The lowest BCUT2D eigenvalue weighted by atomic mass is 10.1. The number of piperazine rings is 1. The molecule has 2 aromatic carbocycles. The van der Waals surface area contributed by atoms with Gasteiger partial charge in [-0.15, -0.1) is 0 Å². The molecule has 3 aromatic rings. The van der Waals surface area contributed by atoms with E-state index in [1.165, 1.54) is 11.1 Å². The quantitative estimate of drug-likeness (QED) is 0.637. The SMILES string of the molecule is COc1ccc(C(=O)Nc2cccc(CN3CCN(Cc4ccncc4)CC3)c2)cc1. The standard InChI is InChI=1S/C25H28N4O2/c1-31-24-7-5-22(6-8-24)25(30)27-23-4-2-3-21(17-23)19-29-15-13-28(14-16-29)18-20-9-11-26-12-10-20/h2-12,17H,13-16,18-19H2,1H3,(H,27,30). The van der Waals surface area contributed by atoms with E-state index < -0.39 is 0 Å². The highest BCUT2D eigenvalue weighted by molar-refractivity contribution is 6.04. The van der Waals surface area contributed by atoms with Crippen molar-refractivity contribution in [3.63, 3.8) is 0 Å². The van der Waals surface area contributed by atoms with Crippen LogP contribution in [-0.2, 0) is 13.1 Å². The summed E-state index contributed by atoms with van der Waals surface area (Å²) in [7, 11) is 1.61. The molecule has 1 amide bonds. The van der Waals surface area contributed by atoms with Crippen molar-refractivity contribution in [2.75, 3.05) is 38.6 Å². The number of carbonyl (C=O) groups is 1. The molecule has 31 heavy (non-hydrogen) atoms. The Morgan fingerprint density at radius 3 is 2.19 bits per heavy atom. The van der Waals surface area contributed by atoms with Crippen LogP contribution in [0.25, 0.3) is 0 Å². The van der Waals surface area contributed by atoms with Gasteiger partial charge in [0, 0.05) is 62.9 Å². The van der Waals surface area contributed by atoms with Gasteiger partial charge in [0.1, 0.15) is 5.75 Å². The van der Waals surface area contributed by atoms with Crippen LogP contribution >= 0.6 is 0 Å². The van der Waals surface area contributed by atoms with Crippen LogP contribution in [0.1, 0.15) is 21.5 Å². The molecule has 0 radical (unpaired) electrons. The first-order valence-corrected chi connectivity index (χ1v) is 10.6. The van der Waals surface area contributed by atoms with Crippen LogP contribution in [0.2, 0.25) is 0 Å². The van der Waals surface area contributed by atoms with Gasteiger partial charge in [0.15, 0.2) is 0 Å². The number of benzene rings is 2. The Bertz CT molecular complexity index is 984. The van der Waals surface area contributed by atoms with Crippen LogP contribution in [0.3, 0.4) is 0 Å². The van der Waals surface area contributed by atoms with Gasteiger partial charge in [-0.25, -0.2) is 0 Å². The van der Waals surface area contributed by atoms with E-state index in [-0.39, 0.29) is 5.91 Å². The van der Waals surface area contributed by atoms with E-state index in [9.17, 15) is 4.79 Å². The van der Waals surface area contributed by atoms with Gasteiger partial charge in [0.2, 0.25) is 0 Å². The highest BCUT2D eigenvalue weighted by Gasteiger charge is 2.17. The van der Waals surface area contributed by atoms with E-state index in [1.54, 1.807) is 31.4 Å². The van der Waals surface area contributed by atoms with Crippen LogP contribution in [0.4, 0.5) is 5.69 Å². The van der Waals surface area contributed by atoms with E-state index in [1.807, 2.05) is 24.5 Å². The largest absolute Gasteiger partial charge is 0.497 e. The van der Waals surface area contributed by atoms with Crippen LogP contribution in [0.5, 0.6) is 5.75 Å². The molecular weight excluding hydrogens is 388 g/mol. The molecule has 6 nitrogen and oxygen atoms in total. The Hall–Kier alpha value is -3.22. The van der Waals surface area contributed by atoms with Crippen LogP contribution in [0.15, 0.2) is 73.1 Å². The Labute approximate surface area is 183 Å². The van der Waals surface area contributed by atoms with E-state index >= 15 is 0 Å². The van der Waals surface area contributed by atoms with Gasteiger partial charge in [0.25, 0.3) is 5.91 Å². The monoisotopic (exact) mass is 416 g/mol. The lowest BCUT2D eigenvalue weighted by Crippen LogP contribution is -2.45. The average molecular weight is 417 g/mol. The smallest absolute Gasteiger partial charge is 0.255 e. The van der Waals surface area contributed by atoms with Gasteiger partial charge >= 0.3 is 0 Å². The zero-order chi connectivity index (χ0) is 21.5. The van der Waals surface area contributed by atoms with Crippen molar-refractivity contribution in [1.29, 1.82) is 0 Å². The van der Waals surface area contributed by atoms with Gasteiger partial charge in [0.05, 0.1) is 7.11 Å². The van der Waals surface area contributed by atoms with Crippen molar-refractivity contribution < 1.29 is 9.53 Å². The number of hydrogen-bond acceptors (Lipinski definition) is 5. The van der Waals surface area contributed by atoms with Crippen LogP contribution in [-0.4, -0.2) is 54.0 Å². The zero-order valence-corrected chi connectivity index (χ0v) is 17.8. The molecule has 4 rings (SSSR count). The maximum Gasteiger partial charge on any atom is 0.255 e. The number of anilines is 1. The van der Waals surface area contributed by atoms with Crippen molar-refractivity contribution in [2.24, 2.45) is 0 Å². The third kappa shape index (κ3) is 5.90. The maximum atomic E-state index is 12.5. The van der Waals surface area contributed by atoms with Crippen molar-refractivity contribution in [3.8, 4) is 5.75 Å². The minimum Gasteiger partial charge on any atom is -0.497 e. The van der Waals surface area contributed by atoms with Gasteiger partial charge in [-0.05, 0) is 59.7 Å². The Morgan fingerprint density at radius 1 is 0.903 bits per heavy atom. The number of hydrogen-bond donors (Lipinski definition) is 1. The minimum atomic E-state index is -0.121. The summed E-state index contributed by atoms with van der Waals surface area (Å²) in [5.74, 6) is 0.615. The predicted octanol–water partition coefficient (Wildman–Crippen LogP) is 3.66. The Morgan fingerprint density at radius 2 is 1.55 bits per heavy atom. The number of ether oxygens (including phenoxy) is 1. The molecular formula is C25H28N4O2. The van der Waals surface area contributed by atoms with Crippen molar-refractivity contribution >= 4 is 11.6 Å². The molecule has 0 unspecified atom stereocenters. The number of rotatable bonds is 7. The molecule has 1 aromatic heterocycles. The first kappa shape index (κ1) is 21.0. The van der Waals surface area contributed by atoms with Crippen LogP contribution < -0.4 is 10.1 Å². The Kier molecular flexibility index (Phi) is 6.92. The van der Waals surface area contributed by atoms with Gasteiger partial charge in [-0.1, -0.05) is 12.1 Å². The van der Waals surface area contributed by atoms with E-state index in [0.29, 0.717) is 5.56 Å². The predicted molar refractivity (Wildman–Crippen MR) is 122 cm³/mol. The highest BCUT2D eigenvalue weighted by atomic mass is 16.5. The van der Waals surface area contributed by atoms with Gasteiger partial charge in [-0.3, -0.25) is 19.6 Å². The second kappa shape index (κ2) is 10.2. The summed E-state index contributed by atoms with van der Waals surface area (Å²) >= 11 is 0. The number of carbonyl (C=O) groups excluding carboxylic acids is 1. The second-order valence-corrected chi connectivity index (χ2v) is 7.79. The summed E-state index contributed by atoms with van der Waals surface area (Å²) in [4.78, 5) is 21.6. The molecule has 1 aliphatic heterocycles. The normalized spacial score (nSPS) is 14.9. The molecule has 0 bridgehead atoms. The van der Waals surface area contributed by atoms with E-state index in [0.717, 1.165) is 50.7 Å². The highest BCUT2D eigenvalue weighted by Crippen LogP contribution is 2.17. The molecule has 160 valence electrons. The summed E-state index contributed by atoms with van der Waals surface area (Å²) < 4.78 is 5.15. The maximum absolute atomic E-state index is 12.5. The number of methoxy groups -OCH3 is 1. The van der Waals surface area contributed by atoms with Crippen LogP contribution in [0, 0.1) is 0 Å². The number of aromatic nitrogens is 1. The summed E-state index contributed by atoms with van der Waals surface area (Å²) in [5, 5.41) is 3.00. The second-order valence-electron chi connectivity index (χ2n) is 7.79. The molecule has 0 atom stereocenters. The summed E-state index contributed by atoms with van der Waals surface area (Å²) in [5.41, 5.74) is 3.94. The first-order valence-electron chi connectivity index (χ1n) is 10.6. The topological polar surface area (TPSA) is 57.7 Å². The molecule has 1 fully saturated rings. The molecule has 1 N–H and O–H groups in total. The number of nitrogens with one attached hydrogen (secondary N) is 1. The summed E-state index contributed by atoms with van der Waals surface area (Å²) in [6, 6.07) is 19.4. The van der Waals surface area contributed by atoms with Gasteiger partial charge < -0.3 is 10.1 Å². The molecule has 1 saturated heterocycles. The van der Waals surface area contributed by atoms with E-state index in [2.05, 4.69) is 44.4 Å². The molecule has 1 aliphatic rings. The fraction of sp³-hybridized carbons (Fsp3) is 0.280. The summed E-state index contributed by atoms with van der Waals surface area (Å²) in [6.45, 7) is 6.03. The number of pyridine rings is 1. The fourth-order valence-corrected chi connectivity index (χ4v) is 3.80. The molecule has 0 aliphatic carbocycles. The lowest BCUT2D eigenvalue weighted by Gasteiger charge is -2.34. The molecule has 0 saturated carbocycles. The lowest BCUT2D eigenvalue weighted by molar-refractivity contribution is 0.102. The molecule has 0 spiro atoms. The molecule has 2 heterocycles. The average Bonchev–Trinajstić information content (AvgIpc) is 2.81. The minimum absolute atomic E-state index is 0.121. The fourth-order valence-electron chi connectivity index (χ4n) is 3.80.